The first-order valence-electron chi connectivity index (χ1n) is 6.80. The third-order valence-corrected chi connectivity index (χ3v) is 5.61. The molecule has 5 nitrogen and oxygen atoms in total. The SMILES string of the molecule is O=C(O)c1ccc(CCNS(=O)(=O)C2CCCC2)cc1. The fourth-order valence-electron chi connectivity index (χ4n) is 2.47. The van der Waals surface area contributed by atoms with Gasteiger partial charge in [-0.15, -0.1) is 0 Å². The highest BCUT2D eigenvalue weighted by Gasteiger charge is 2.27. The molecule has 1 aromatic carbocycles. The van der Waals surface area contributed by atoms with Gasteiger partial charge in [0.05, 0.1) is 10.8 Å². The molecular formula is C14H19NO4S. The van der Waals surface area contributed by atoms with Crippen LogP contribution in [0.25, 0.3) is 0 Å². The van der Waals surface area contributed by atoms with E-state index in [4.69, 9.17) is 5.11 Å². The molecule has 1 saturated carbocycles. The van der Waals surface area contributed by atoms with Crippen LogP contribution in [0.4, 0.5) is 0 Å². The van der Waals surface area contributed by atoms with E-state index in [0.717, 1.165) is 31.2 Å². The zero-order valence-corrected chi connectivity index (χ0v) is 12.0. The molecule has 0 radical (unpaired) electrons. The first-order valence-corrected chi connectivity index (χ1v) is 8.34. The number of nitrogens with one attached hydrogen (secondary N) is 1. The van der Waals surface area contributed by atoms with Crippen molar-refractivity contribution in [2.45, 2.75) is 37.4 Å². The molecule has 0 saturated heterocycles. The summed E-state index contributed by atoms with van der Waals surface area (Å²) >= 11 is 0. The van der Waals surface area contributed by atoms with E-state index in [-0.39, 0.29) is 10.8 Å². The lowest BCUT2D eigenvalue weighted by Crippen LogP contribution is -2.34. The van der Waals surface area contributed by atoms with Crippen molar-refractivity contribution in [1.82, 2.24) is 4.72 Å². The van der Waals surface area contributed by atoms with Crippen LogP contribution in [0.3, 0.4) is 0 Å². The molecule has 6 heteroatoms. The molecule has 20 heavy (non-hydrogen) atoms. The van der Waals surface area contributed by atoms with Gasteiger partial charge in [0, 0.05) is 6.54 Å². The predicted molar refractivity (Wildman–Crippen MR) is 76.3 cm³/mol. The topological polar surface area (TPSA) is 83.5 Å². The molecule has 0 unspecified atom stereocenters. The highest BCUT2D eigenvalue weighted by Crippen LogP contribution is 2.23. The Labute approximate surface area is 119 Å². The van der Waals surface area contributed by atoms with Gasteiger partial charge in [0.1, 0.15) is 0 Å². The zero-order chi connectivity index (χ0) is 14.6. The lowest BCUT2D eigenvalue weighted by atomic mass is 10.1. The number of rotatable bonds is 6. The van der Waals surface area contributed by atoms with Crippen LogP contribution < -0.4 is 4.72 Å². The van der Waals surface area contributed by atoms with E-state index in [1.165, 1.54) is 12.1 Å². The van der Waals surface area contributed by atoms with E-state index in [1.807, 2.05) is 0 Å². The van der Waals surface area contributed by atoms with Gasteiger partial charge in [-0.1, -0.05) is 25.0 Å². The third kappa shape index (κ3) is 3.80. The number of hydrogen-bond acceptors (Lipinski definition) is 3. The molecule has 0 aromatic heterocycles. The summed E-state index contributed by atoms with van der Waals surface area (Å²) in [6.07, 6.45) is 4.04. The second kappa shape index (κ2) is 6.37. The molecule has 2 N–H and O–H groups in total. The van der Waals surface area contributed by atoms with E-state index in [9.17, 15) is 13.2 Å². The molecular weight excluding hydrogens is 278 g/mol. The van der Waals surface area contributed by atoms with Gasteiger partial charge < -0.3 is 5.11 Å². The van der Waals surface area contributed by atoms with E-state index >= 15 is 0 Å². The number of sulfonamides is 1. The van der Waals surface area contributed by atoms with E-state index in [0.29, 0.717) is 13.0 Å². The minimum Gasteiger partial charge on any atom is -0.478 e. The molecule has 1 fully saturated rings. The van der Waals surface area contributed by atoms with E-state index in [2.05, 4.69) is 4.72 Å². The Morgan fingerprint density at radius 2 is 1.80 bits per heavy atom. The van der Waals surface area contributed by atoms with Crippen molar-refractivity contribution in [3.63, 3.8) is 0 Å². The highest BCUT2D eigenvalue weighted by molar-refractivity contribution is 7.90. The minimum atomic E-state index is -3.20. The number of aromatic carboxylic acids is 1. The average Bonchev–Trinajstić information content (AvgIpc) is 2.94. The smallest absolute Gasteiger partial charge is 0.335 e. The van der Waals surface area contributed by atoms with Gasteiger partial charge in [-0.3, -0.25) is 0 Å². The number of hydrogen-bond donors (Lipinski definition) is 2. The second-order valence-electron chi connectivity index (χ2n) is 5.10. The normalized spacial score (nSPS) is 16.4. The molecule has 0 amide bonds. The fraction of sp³-hybridized carbons (Fsp3) is 0.500. The lowest BCUT2D eigenvalue weighted by Gasteiger charge is -2.12. The summed E-state index contributed by atoms with van der Waals surface area (Å²) in [5.74, 6) is -0.960. The molecule has 110 valence electrons. The molecule has 0 bridgehead atoms. The molecule has 0 spiro atoms. The second-order valence-corrected chi connectivity index (χ2v) is 7.14. The van der Waals surface area contributed by atoms with Crippen molar-refractivity contribution in [1.29, 1.82) is 0 Å². The largest absolute Gasteiger partial charge is 0.478 e. The monoisotopic (exact) mass is 297 g/mol. The van der Waals surface area contributed by atoms with Gasteiger partial charge in [0.2, 0.25) is 10.0 Å². The molecule has 1 aromatic rings. The molecule has 1 aliphatic carbocycles. The van der Waals surface area contributed by atoms with Crippen molar-refractivity contribution in [2.75, 3.05) is 6.54 Å². The first kappa shape index (κ1) is 15.0. The molecule has 0 heterocycles. The standard InChI is InChI=1S/C14H19NO4S/c16-14(17)12-7-5-11(6-8-12)9-10-15-20(18,19)13-3-1-2-4-13/h5-8,13,15H,1-4,9-10H2,(H,16,17). The Morgan fingerprint density at radius 1 is 1.20 bits per heavy atom. The summed E-state index contributed by atoms with van der Waals surface area (Å²) in [4.78, 5) is 10.7. The van der Waals surface area contributed by atoms with Crippen LogP contribution in [0.1, 0.15) is 41.6 Å². The highest BCUT2D eigenvalue weighted by atomic mass is 32.2. The molecule has 2 rings (SSSR count). The van der Waals surface area contributed by atoms with Crippen molar-refractivity contribution in [3.05, 3.63) is 35.4 Å². The number of carboxylic acids is 1. The van der Waals surface area contributed by atoms with Crippen molar-refractivity contribution in [3.8, 4) is 0 Å². The summed E-state index contributed by atoms with van der Waals surface area (Å²) in [5, 5.41) is 8.55. The van der Waals surface area contributed by atoms with Crippen molar-refractivity contribution >= 4 is 16.0 Å². The summed E-state index contributed by atoms with van der Waals surface area (Å²) in [7, 11) is -3.20. The van der Waals surface area contributed by atoms with Crippen molar-refractivity contribution in [2.24, 2.45) is 0 Å². The Hall–Kier alpha value is -1.40. The number of carbonyl (C=O) groups is 1. The van der Waals surface area contributed by atoms with Crippen LogP contribution in [0.5, 0.6) is 0 Å². The number of carboxylic acid groups (broad SMARTS) is 1. The Kier molecular flexibility index (Phi) is 4.77. The Morgan fingerprint density at radius 3 is 2.35 bits per heavy atom. The van der Waals surface area contributed by atoms with Gasteiger partial charge in [0.25, 0.3) is 0 Å². The zero-order valence-electron chi connectivity index (χ0n) is 11.2. The lowest BCUT2D eigenvalue weighted by molar-refractivity contribution is 0.0697. The molecule has 0 atom stereocenters. The van der Waals surface area contributed by atoms with Crippen LogP contribution in [0.2, 0.25) is 0 Å². The third-order valence-electron chi connectivity index (χ3n) is 3.66. The first-order chi connectivity index (χ1) is 9.49. The van der Waals surface area contributed by atoms with Crippen LogP contribution >= 0.6 is 0 Å². The summed E-state index contributed by atoms with van der Waals surface area (Å²) in [5.41, 5.74) is 1.16. The van der Waals surface area contributed by atoms with E-state index < -0.39 is 16.0 Å². The van der Waals surface area contributed by atoms with Crippen LogP contribution in [-0.4, -0.2) is 31.3 Å². The Balaban J connectivity index is 1.84. The maximum Gasteiger partial charge on any atom is 0.335 e. The van der Waals surface area contributed by atoms with Gasteiger partial charge in [-0.2, -0.15) is 0 Å². The quantitative estimate of drug-likeness (QED) is 0.838. The summed E-state index contributed by atoms with van der Waals surface area (Å²) < 4.78 is 26.6. The maximum absolute atomic E-state index is 12.0. The number of benzene rings is 1. The van der Waals surface area contributed by atoms with Gasteiger partial charge in [0.15, 0.2) is 0 Å². The Bertz CT molecular complexity index is 559. The molecule has 1 aliphatic rings. The van der Waals surface area contributed by atoms with Crippen LogP contribution in [-0.2, 0) is 16.4 Å². The predicted octanol–water partition coefficient (Wildman–Crippen LogP) is 1.79. The summed E-state index contributed by atoms with van der Waals surface area (Å²) in [6, 6.07) is 6.49. The average molecular weight is 297 g/mol. The van der Waals surface area contributed by atoms with Gasteiger partial charge >= 0.3 is 5.97 Å². The van der Waals surface area contributed by atoms with Crippen LogP contribution in [0.15, 0.2) is 24.3 Å². The fourth-order valence-corrected chi connectivity index (χ4v) is 4.04. The van der Waals surface area contributed by atoms with Crippen LogP contribution in [0, 0.1) is 0 Å². The summed E-state index contributed by atoms with van der Waals surface area (Å²) in [6.45, 7) is 0.352. The molecule has 0 aliphatic heterocycles. The van der Waals surface area contributed by atoms with Gasteiger partial charge in [-0.05, 0) is 37.0 Å². The van der Waals surface area contributed by atoms with E-state index in [1.54, 1.807) is 12.1 Å². The minimum absolute atomic E-state index is 0.236. The van der Waals surface area contributed by atoms with Crippen molar-refractivity contribution < 1.29 is 18.3 Å². The maximum atomic E-state index is 12.0. The van der Waals surface area contributed by atoms with Gasteiger partial charge in [-0.25, -0.2) is 17.9 Å².